The van der Waals surface area contributed by atoms with Crippen LogP contribution >= 0.6 is 23.2 Å². The highest BCUT2D eigenvalue weighted by Gasteiger charge is 2.06. The minimum absolute atomic E-state index is 0.276. The van der Waals surface area contributed by atoms with Crippen LogP contribution in [0, 0.1) is 0 Å². The lowest BCUT2D eigenvalue weighted by Gasteiger charge is -2.06. The molecule has 0 heterocycles. The molecule has 3 nitrogen and oxygen atoms in total. The minimum atomic E-state index is -0.717. The second kappa shape index (κ2) is 6.64. The van der Waals surface area contributed by atoms with E-state index in [0.29, 0.717) is 15.8 Å². The summed E-state index contributed by atoms with van der Waals surface area (Å²) in [6, 6.07) is 12.3. The zero-order valence-corrected chi connectivity index (χ0v) is 12.2. The number of hydrogen-bond acceptors (Lipinski definition) is 3. The van der Waals surface area contributed by atoms with Gasteiger partial charge in [0.25, 0.3) is 0 Å². The number of carbonyl (C=O) groups is 1. The van der Waals surface area contributed by atoms with Gasteiger partial charge in [-0.1, -0.05) is 35.3 Å². The Bertz CT molecular complexity index is 589. The Labute approximate surface area is 127 Å². The summed E-state index contributed by atoms with van der Waals surface area (Å²) >= 11 is 11.9. The number of ether oxygens (including phenoxy) is 2. The Hall–Kier alpha value is -1.71. The van der Waals surface area contributed by atoms with E-state index in [4.69, 9.17) is 32.7 Å². The van der Waals surface area contributed by atoms with Gasteiger partial charge in [-0.15, -0.1) is 0 Å². The van der Waals surface area contributed by atoms with Crippen LogP contribution in [-0.4, -0.2) is 12.8 Å². The highest BCUT2D eigenvalue weighted by Crippen LogP contribution is 2.28. The molecule has 0 aromatic heterocycles. The molecule has 0 saturated carbocycles. The fraction of sp³-hybridized carbons (Fsp3) is 0.133. The predicted octanol–water partition coefficient (Wildman–Crippen LogP) is 5.20. The van der Waals surface area contributed by atoms with E-state index < -0.39 is 6.16 Å². The van der Waals surface area contributed by atoms with Crippen LogP contribution in [-0.2, 0) is 4.74 Å². The minimum Gasteiger partial charge on any atom is -0.434 e. The van der Waals surface area contributed by atoms with Gasteiger partial charge in [-0.2, -0.15) is 0 Å². The van der Waals surface area contributed by atoms with Crippen molar-refractivity contribution in [1.29, 1.82) is 0 Å². The SMILES string of the molecule is CCOC(=O)Oc1ccc(-c2cc(Cl)cc(Cl)c2)cc1. The van der Waals surface area contributed by atoms with Crippen molar-refractivity contribution in [3.63, 3.8) is 0 Å². The Morgan fingerprint density at radius 2 is 1.60 bits per heavy atom. The normalized spacial score (nSPS) is 10.2. The van der Waals surface area contributed by atoms with Gasteiger partial charge in [0.15, 0.2) is 0 Å². The molecule has 0 bridgehead atoms. The van der Waals surface area contributed by atoms with Crippen molar-refractivity contribution < 1.29 is 14.3 Å². The molecule has 0 saturated heterocycles. The zero-order chi connectivity index (χ0) is 14.5. The smallest absolute Gasteiger partial charge is 0.434 e. The molecule has 0 radical (unpaired) electrons. The van der Waals surface area contributed by atoms with E-state index in [9.17, 15) is 4.79 Å². The maximum absolute atomic E-state index is 11.2. The number of rotatable bonds is 3. The summed E-state index contributed by atoms with van der Waals surface area (Å²) in [5, 5.41) is 1.14. The topological polar surface area (TPSA) is 35.5 Å². The Balaban J connectivity index is 2.17. The third-order valence-electron chi connectivity index (χ3n) is 2.51. The summed E-state index contributed by atoms with van der Waals surface area (Å²) in [6.07, 6.45) is -0.717. The van der Waals surface area contributed by atoms with Crippen LogP contribution in [0.5, 0.6) is 5.75 Å². The van der Waals surface area contributed by atoms with Gasteiger partial charge in [0.1, 0.15) is 5.75 Å². The first-order valence-corrected chi connectivity index (χ1v) is 6.75. The van der Waals surface area contributed by atoms with Crippen LogP contribution in [0.25, 0.3) is 11.1 Å². The highest BCUT2D eigenvalue weighted by molar-refractivity contribution is 6.35. The van der Waals surface area contributed by atoms with Crippen molar-refractivity contribution >= 4 is 29.4 Å². The average molecular weight is 311 g/mol. The predicted molar refractivity (Wildman–Crippen MR) is 79.5 cm³/mol. The van der Waals surface area contributed by atoms with Gasteiger partial charge in [0.05, 0.1) is 6.61 Å². The number of halogens is 2. The molecule has 104 valence electrons. The van der Waals surface area contributed by atoms with Crippen LogP contribution in [0.4, 0.5) is 4.79 Å². The van der Waals surface area contributed by atoms with E-state index in [1.165, 1.54) is 0 Å². The molecular weight excluding hydrogens is 299 g/mol. The summed E-state index contributed by atoms with van der Waals surface area (Å²) < 4.78 is 9.68. The van der Waals surface area contributed by atoms with Crippen LogP contribution in [0.2, 0.25) is 10.0 Å². The largest absolute Gasteiger partial charge is 0.513 e. The molecule has 20 heavy (non-hydrogen) atoms. The van der Waals surface area contributed by atoms with Crippen molar-refractivity contribution in [1.82, 2.24) is 0 Å². The van der Waals surface area contributed by atoms with Gasteiger partial charge >= 0.3 is 6.16 Å². The van der Waals surface area contributed by atoms with Gasteiger partial charge in [0, 0.05) is 10.0 Å². The van der Waals surface area contributed by atoms with Gasteiger partial charge in [-0.05, 0) is 48.4 Å². The van der Waals surface area contributed by atoms with Gasteiger partial charge < -0.3 is 9.47 Å². The van der Waals surface area contributed by atoms with E-state index in [-0.39, 0.29) is 6.61 Å². The van der Waals surface area contributed by atoms with Crippen LogP contribution < -0.4 is 4.74 Å². The summed E-state index contributed by atoms with van der Waals surface area (Å²) in [5.41, 5.74) is 1.82. The van der Waals surface area contributed by atoms with Crippen molar-refractivity contribution in [2.24, 2.45) is 0 Å². The first kappa shape index (κ1) is 14.7. The molecule has 2 aromatic rings. The Morgan fingerprint density at radius 3 is 2.15 bits per heavy atom. The summed E-state index contributed by atoms with van der Waals surface area (Å²) in [4.78, 5) is 11.2. The van der Waals surface area contributed by atoms with E-state index in [0.717, 1.165) is 11.1 Å². The molecule has 2 rings (SSSR count). The Morgan fingerprint density at radius 1 is 1.00 bits per heavy atom. The van der Waals surface area contributed by atoms with E-state index >= 15 is 0 Å². The number of benzene rings is 2. The maximum atomic E-state index is 11.2. The van der Waals surface area contributed by atoms with Crippen molar-refractivity contribution in [2.75, 3.05) is 6.61 Å². The third-order valence-corrected chi connectivity index (χ3v) is 2.95. The second-order valence-corrected chi connectivity index (χ2v) is 4.84. The average Bonchev–Trinajstić information content (AvgIpc) is 2.38. The van der Waals surface area contributed by atoms with Crippen molar-refractivity contribution in [3.8, 4) is 16.9 Å². The standard InChI is InChI=1S/C15H12Cl2O3/c1-2-19-15(18)20-14-5-3-10(4-6-14)11-7-12(16)9-13(17)8-11/h3-9H,2H2,1H3. The first-order valence-electron chi connectivity index (χ1n) is 5.99. The van der Waals surface area contributed by atoms with E-state index in [1.54, 1.807) is 25.1 Å². The fourth-order valence-corrected chi connectivity index (χ4v) is 2.21. The lowest BCUT2D eigenvalue weighted by atomic mass is 10.1. The fourth-order valence-electron chi connectivity index (χ4n) is 1.68. The number of hydrogen-bond donors (Lipinski definition) is 0. The first-order chi connectivity index (χ1) is 9.58. The van der Waals surface area contributed by atoms with Crippen LogP contribution in [0.3, 0.4) is 0 Å². The van der Waals surface area contributed by atoms with Gasteiger partial charge in [0.2, 0.25) is 0 Å². The lowest BCUT2D eigenvalue weighted by Crippen LogP contribution is -2.09. The summed E-state index contributed by atoms with van der Waals surface area (Å²) in [7, 11) is 0. The molecular formula is C15H12Cl2O3. The van der Waals surface area contributed by atoms with Crippen molar-refractivity contribution in [3.05, 3.63) is 52.5 Å². The van der Waals surface area contributed by atoms with Gasteiger partial charge in [-0.3, -0.25) is 0 Å². The summed E-state index contributed by atoms with van der Waals surface area (Å²) in [6.45, 7) is 1.99. The van der Waals surface area contributed by atoms with E-state index in [2.05, 4.69) is 0 Å². The molecule has 0 spiro atoms. The van der Waals surface area contributed by atoms with E-state index in [1.807, 2.05) is 24.3 Å². The zero-order valence-electron chi connectivity index (χ0n) is 10.7. The lowest BCUT2D eigenvalue weighted by molar-refractivity contribution is 0.104. The molecule has 0 aliphatic rings. The van der Waals surface area contributed by atoms with Gasteiger partial charge in [-0.25, -0.2) is 4.79 Å². The molecule has 0 aliphatic heterocycles. The molecule has 0 unspecified atom stereocenters. The molecule has 0 amide bonds. The van der Waals surface area contributed by atoms with Crippen LogP contribution in [0.15, 0.2) is 42.5 Å². The molecule has 0 N–H and O–H groups in total. The monoisotopic (exact) mass is 310 g/mol. The maximum Gasteiger partial charge on any atom is 0.513 e. The third kappa shape index (κ3) is 3.89. The quantitative estimate of drug-likeness (QED) is 0.577. The molecule has 2 aromatic carbocycles. The Kier molecular flexibility index (Phi) is 4.88. The molecule has 0 aliphatic carbocycles. The van der Waals surface area contributed by atoms with Crippen LogP contribution in [0.1, 0.15) is 6.92 Å². The second-order valence-electron chi connectivity index (χ2n) is 3.97. The molecule has 0 atom stereocenters. The molecule has 0 fully saturated rings. The summed E-state index contributed by atoms with van der Waals surface area (Å²) in [5.74, 6) is 0.417. The number of carbonyl (C=O) groups excluding carboxylic acids is 1. The van der Waals surface area contributed by atoms with Crippen molar-refractivity contribution in [2.45, 2.75) is 6.92 Å². The molecule has 5 heteroatoms. The highest BCUT2D eigenvalue weighted by atomic mass is 35.5.